The van der Waals surface area contributed by atoms with Crippen molar-refractivity contribution in [2.24, 2.45) is 0 Å². The first kappa shape index (κ1) is 25.0. The van der Waals surface area contributed by atoms with E-state index in [-0.39, 0.29) is 35.1 Å². The van der Waals surface area contributed by atoms with Gasteiger partial charge < -0.3 is 5.32 Å². The maximum absolute atomic E-state index is 14.1. The smallest absolute Gasteiger partial charge is 0.283 e. The molecule has 1 heterocycles. The van der Waals surface area contributed by atoms with Crippen molar-refractivity contribution in [1.29, 1.82) is 0 Å². The first-order valence-corrected chi connectivity index (χ1v) is 12.0. The molecule has 0 unspecified atom stereocenters. The number of aromatic nitrogens is 2. The van der Waals surface area contributed by atoms with Crippen molar-refractivity contribution >= 4 is 15.9 Å². The molecule has 7 nitrogen and oxygen atoms in total. The molecule has 0 saturated heterocycles. The third kappa shape index (κ3) is 5.92. The molecule has 0 saturated carbocycles. The Morgan fingerprint density at radius 1 is 1.06 bits per heavy atom. The zero-order valence-electron chi connectivity index (χ0n) is 19.3. The number of sulfonamides is 1. The number of rotatable bonds is 9. The molecule has 2 rings (SSSR count). The molecule has 9 heteroatoms. The molecule has 0 aliphatic carbocycles. The fourth-order valence-electron chi connectivity index (χ4n) is 3.61. The van der Waals surface area contributed by atoms with Gasteiger partial charge >= 0.3 is 0 Å². The van der Waals surface area contributed by atoms with Crippen LogP contribution in [-0.4, -0.2) is 31.2 Å². The summed E-state index contributed by atoms with van der Waals surface area (Å²) < 4.78 is 43.5. The zero-order chi connectivity index (χ0) is 23.5. The highest BCUT2D eigenvalue weighted by Crippen LogP contribution is 2.29. The van der Waals surface area contributed by atoms with Crippen LogP contribution in [0.5, 0.6) is 0 Å². The molecule has 0 fully saturated rings. The van der Waals surface area contributed by atoms with Gasteiger partial charge in [-0.2, -0.15) is 13.5 Å². The maximum atomic E-state index is 14.1. The number of nitrogens with zero attached hydrogens (tertiary/aromatic N) is 2. The summed E-state index contributed by atoms with van der Waals surface area (Å²) >= 11 is 0. The predicted molar refractivity (Wildman–Crippen MR) is 119 cm³/mol. The second-order valence-corrected chi connectivity index (χ2v) is 10.2. The molecule has 2 aromatic rings. The second-order valence-electron chi connectivity index (χ2n) is 8.62. The number of benzene rings is 1. The largest absolute Gasteiger partial charge is 0.314 e. The van der Waals surface area contributed by atoms with E-state index < -0.39 is 15.9 Å². The van der Waals surface area contributed by atoms with Gasteiger partial charge in [0.2, 0.25) is 5.91 Å². The summed E-state index contributed by atoms with van der Waals surface area (Å²) in [6, 6.07) is 4.26. The molecular weight excluding hydrogens is 419 g/mol. The predicted octanol–water partition coefficient (Wildman–Crippen LogP) is 3.62. The first-order valence-electron chi connectivity index (χ1n) is 10.5. The third-order valence-corrected chi connectivity index (χ3v) is 6.27. The van der Waals surface area contributed by atoms with E-state index in [0.717, 1.165) is 0 Å². The van der Waals surface area contributed by atoms with Crippen molar-refractivity contribution in [3.63, 3.8) is 0 Å². The van der Waals surface area contributed by atoms with Crippen LogP contribution < -0.4 is 10.0 Å². The fourth-order valence-corrected chi connectivity index (χ4v) is 4.58. The summed E-state index contributed by atoms with van der Waals surface area (Å²) in [6.45, 7) is 11.9. The lowest BCUT2D eigenvalue weighted by molar-refractivity contribution is -0.118. The number of nitrogens with one attached hydrogen (secondary N) is 2. The van der Waals surface area contributed by atoms with Crippen LogP contribution in [0.2, 0.25) is 0 Å². The van der Waals surface area contributed by atoms with E-state index >= 15 is 0 Å². The van der Waals surface area contributed by atoms with Gasteiger partial charge in [-0.3, -0.25) is 9.48 Å². The molecule has 1 aromatic heterocycles. The van der Waals surface area contributed by atoms with Gasteiger partial charge in [0, 0.05) is 18.7 Å². The molecule has 0 aliphatic rings. The van der Waals surface area contributed by atoms with Crippen molar-refractivity contribution in [1.82, 2.24) is 19.8 Å². The number of hydrogen-bond acceptors (Lipinski definition) is 5. The Morgan fingerprint density at radius 2 is 1.61 bits per heavy atom. The van der Waals surface area contributed by atoms with Crippen LogP contribution in [0, 0.1) is 5.82 Å². The van der Waals surface area contributed by atoms with Crippen LogP contribution in [0.4, 0.5) is 4.39 Å². The molecule has 31 heavy (non-hydrogen) atoms. The molecular formula is C22H33FN4O3S. The molecule has 172 valence electrons. The highest BCUT2D eigenvalue weighted by atomic mass is 32.2. The third-order valence-electron chi connectivity index (χ3n) is 5.03. The molecule has 2 N–H and O–H groups in total. The van der Waals surface area contributed by atoms with Gasteiger partial charge in [0.1, 0.15) is 5.82 Å². The molecule has 0 radical (unpaired) electrons. The summed E-state index contributed by atoms with van der Waals surface area (Å²) in [5.41, 5.74) is 2.78. The van der Waals surface area contributed by atoms with Gasteiger partial charge in [-0.1, -0.05) is 27.7 Å². The topological polar surface area (TPSA) is 93.1 Å². The summed E-state index contributed by atoms with van der Waals surface area (Å²) in [4.78, 5) is 12.8. The van der Waals surface area contributed by atoms with E-state index in [1.807, 2.05) is 41.5 Å². The van der Waals surface area contributed by atoms with Gasteiger partial charge in [-0.05, 0) is 61.6 Å². The van der Waals surface area contributed by atoms with Gasteiger partial charge in [0.15, 0.2) is 5.03 Å². The average Bonchev–Trinajstić information content (AvgIpc) is 3.07. The molecule has 0 aliphatic heterocycles. The minimum absolute atomic E-state index is 0.0153. The quantitative estimate of drug-likeness (QED) is 0.606. The van der Waals surface area contributed by atoms with Crippen LogP contribution in [0.25, 0.3) is 0 Å². The van der Waals surface area contributed by atoms with Crippen molar-refractivity contribution in [3.8, 4) is 0 Å². The van der Waals surface area contributed by atoms with E-state index in [1.54, 1.807) is 11.7 Å². The van der Waals surface area contributed by atoms with Crippen LogP contribution in [-0.2, 0) is 27.8 Å². The SMILES string of the molecule is CNCc1cc(S(=O)(=O)NC(=O)Cc2c(C(C)C)cc(F)cc2C(C)C)nn1C(C)C. The lowest BCUT2D eigenvalue weighted by Gasteiger charge is -2.19. The molecule has 1 amide bonds. The Labute approximate surface area is 184 Å². The van der Waals surface area contributed by atoms with Crippen LogP contribution in [0.3, 0.4) is 0 Å². The highest BCUT2D eigenvalue weighted by molar-refractivity contribution is 7.90. The Morgan fingerprint density at radius 3 is 2.06 bits per heavy atom. The Hall–Kier alpha value is -2.26. The molecule has 0 spiro atoms. The number of carbonyl (C=O) groups excluding carboxylic acids is 1. The number of hydrogen-bond donors (Lipinski definition) is 2. The lowest BCUT2D eigenvalue weighted by Crippen LogP contribution is -2.32. The Bertz CT molecular complexity index is 1010. The molecule has 0 atom stereocenters. The lowest BCUT2D eigenvalue weighted by atomic mass is 9.87. The Balaban J connectivity index is 2.35. The number of amides is 1. The Kier molecular flexibility index (Phi) is 7.99. The summed E-state index contributed by atoms with van der Waals surface area (Å²) in [6.07, 6.45) is -0.158. The average molecular weight is 453 g/mol. The minimum Gasteiger partial charge on any atom is -0.314 e. The normalized spacial score (nSPS) is 12.2. The standard InChI is InChI=1S/C22H33FN4O3S/c1-13(2)18-8-16(23)9-19(14(3)4)20(18)11-21(28)26-31(29,30)22-10-17(12-24-7)27(25-22)15(5)6/h8-10,13-15,24H,11-12H2,1-7H3,(H,26,28). The summed E-state index contributed by atoms with van der Waals surface area (Å²) in [7, 11) is -2.38. The van der Waals surface area contributed by atoms with Crippen molar-refractivity contribution in [3.05, 3.63) is 46.4 Å². The van der Waals surface area contributed by atoms with Gasteiger partial charge in [0.05, 0.1) is 12.1 Å². The van der Waals surface area contributed by atoms with Gasteiger partial charge in [0.25, 0.3) is 10.0 Å². The fraction of sp³-hybridized carbons (Fsp3) is 0.545. The minimum atomic E-state index is -4.14. The van der Waals surface area contributed by atoms with Crippen molar-refractivity contribution in [2.45, 2.75) is 77.4 Å². The monoisotopic (exact) mass is 452 g/mol. The summed E-state index contributed by atoms with van der Waals surface area (Å²) in [5, 5.41) is 6.97. The van der Waals surface area contributed by atoms with E-state index in [2.05, 4.69) is 15.1 Å². The second kappa shape index (κ2) is 9.91. The van der Waals surface area contributed by atoms with Gasteiger partial charge in [-0.25, -0.2) is 9.11 Å². The van der Waals surface area contributed by atoms with E-state index in [9.17, 15) is 17.6 Å². The van der Waals surface area contributed by atoms with E-state index in [1.165, 1.54) is 18.2 Å². The van der Waals surface area contributed by atoms with Crippen LogP contribution >= 0.6 is 0 Å². The van der Waals surface area contributed by atoms with Gasteiger partial charge in [-0.15, -0.1) is 0 Å². The van der Waals surface area contributed by atoms with E-state index in [0.29, 0.717) is 28.9 Å². The van der Waals surface area contributed by atoms with Crippen molar-refractivity contribution < 1.29 is 17.6 Å². The highest BCUT2D eigenvalue weighted by Gasteiger charge is 2.25. The number of halogens is 1. The molecule has 1 aromatic carbocycles. The molecule has 0 bridgehead atoms. The van der Waals surface area contributed by atoms with Crippen LogP contribution in [0.1, 0.15) is 81.8 Å². The maximum Gasteiger partial charge on any atom is 0.283 e. The summed E-state index contributed by atoms with van der Waals surface area (Å²) in [5.74, 6) is -1.07. The van der Waals surface area contributed by atoms with Crippen LogP contribution in [0.15, 0.2) is 23.2 Å². The zero-order valence-corrected chi connectivity index (χ0v) is 20.1. The van der Waals surface area contributed by atoms with E-state index in [4.69, 9.17) is 0 Å². The first-order chi connectivity index (χ1) is 14.4. The van der Waals surface area contributed by atoms with Crippen molar-refractivity contribution in [2.75, 3.05) is 7.05 Å². The number of carbonyl (C=O) groups is 1.